The van der Waals surface area contributed by atoms with Crippen LogP contribution in [-0.4, -0.2) is 44.9 Å². The van der Waals surface area contributed by atoms with E-state index in [0.717, 1.165) is 48.2 Å². The lowest BCUT2D eigenvalue weighted by Crippen LogP contribution is -2.60. The second-order valence-corrected chi connectivity index (χ2v) is 10.1. The Balaban J connectivity index is 1.61. The predicted molar refractivity (Wildman–Crippen MR) is 123 cm³/mol. The summed E-state index contributed by atoms with van der Waals surface area (Å²) in [4.78, 5) is 32.7. The number of imidazole rings is 1. The third-order valence-corrected chi connectivity index (χ3v) is 7.27. The van der Waals surface area contributed by atoms with Crippen LogP contribution in [0.2, 0.25) is 0 Å². The molecule has 1 aromatic carbocycles. The van der Waals surface area contributed by atoms with Crippen LogP contribution in [0.1, 0.15) is 45.0 Å². The zero-order valence-corrected chi connectivity index (χ0v) is 19.6. The number of nitrogens with one attached hydrogen (secondary N) is 1. The van der Waals surface area contributed by atoms with E-state index in [1.165, 1.54) is 11.8 Å². The predicted octanol–water partition coefficient (Wildman–Crippen LogP) is 3.92. The fraction of sp³-hybridized carbons (Fsp3) is 0.522. The van der Waals surface area contributed by atoms with Gasteiger partial charge in [0.2, 0.25) is 11.8 Å². The SMILES string of the molecule is Cc1nc(S[C@H](C)C(=O)N2c3ccccc3NC(=O)C2(C)C)n(C[C@@H]2CCCO2)c1C. The first kappa shape index (κ1) is 21.9. The lowest BCUT2D eigenvalue weighted by atomic mass is 9.96. The zero-order valence-electron chi connectivity index (χ0n) is 18.8. The lowest BCUT2D eigenvalue weighted by Gasteiger charge is -2.43. The van der Waals surface area contributed by atoms with E-state index in [1.54, 1.807) is 18.7 Å². The molecule has 0 spiro atoms. The first-order valence-electron chi connectivity index (χ1n) is 10.8. The molecule has 0 saturated carbocycles. The number of anilines is 2. The Hall–Kier alpha value is -2.32. The van der Waals surface area contributed by atoms with Crippen LogP contribution in [0.5, 0.6) is 0 Å². The number of rotatable bonds is 5. The summed E-state index contributed by atoms with van der Waals surface area (Å²) < 4.78 is 7.99. The zero-order chi connectivity index (χ0) is 22.3. The number of thioether (sulfide) groups is 1. The van der Waals surface area contributed by atoms with Crippen molar-refractivity contribution in [3.05, 3.63) is 35.7 Å². The van der Waals surface area contributed by atoms with E-state index in [1.807, 2.05) is 38.1 Å². The first-order chi connectivity index (χ1) is 14.7. The van der Waals surface area contributed by atoms with Gasteiger partial charge in [0, 0.05) is 12.3 Å². The molecular weight excluding hydrogens is 412 g/mol. The Morgan fingerprint density at radius 1 is 1.35 bits per heavy atom. The topological polar surface area (TPSA) is 76.5 Å². The van der Waals surface area contributed by atoms with Crippen molar-refractivity contribution in [1.82, 2.24) is 9.55 Å². The Morgan fingerprint density at radius 3 is 2.81 bits per heavy atom. The molecule has 0 radical (unpaired) electrons. The van der Waals surface area contributed by atoms with Gasteiger partial charge < -0.3 is 14.6 Å². The molecule has 0 bridgehead atoms. The maximum absolute atomic E-state index is 13.6. The van der Waals surface area contributed by atoms with Crippen LogP contribution < -0.4 is 10.2 Å². The van der Waals surface area contributed by atoms with Gasteiger partial charge in [-0.25, -0.2) is 4.98 Å². The van der Waals surface area contributed by atoms with Crippen molar-refractivity contribution in [1.29, 1.82) is 0 Å². The van der Waals surface area contributed by atoms with Crippen molar-refractivity contribution >= 4 is 35.0 Å². The maximum atomic E-state index is 13.6. The molecule has 3 heterocycles. The quantitative estimate of drug-likeness (QED) is 0.710. The number of carbonyl (C=O) groups excluding carboxylic acids is 2. The van der Waals surface area contributed by atoms with Gasteiger partial charge in [0.15, 0.2) is 5.16 Å². The molecule has 2 aliphatic heterocycles. The van der Waals surface area contributed by atoms with Gasteiger partial charge in [-0.3, -0.25) is 14.5 Å². The van der Waals surface area contributed by atoms with Gasteiger partial charge in [0.05, 0.1) is 35.0 Å². The normalized spacial score (nSPS) is 21.0. The van der Waals surface area contributed by atoms with E-state index in [-0.39, 0.29) is 17.9 Å². The van der Waals surface area contributed by atoms with Gasteiger partial charge in [-0.15, -0.1) is 0 Å². The van der Waals surface area contributed by atoms with Gasteiger partial charge in [-0.2, -0.15) is 0 Å². The number of carbonyl (C=O) groups is 2. The number of aromatic nitrogens is 2. The summed E-state index contributed by atoms with van der Waals surface area (Å²) in [6.45, 7) is 11.0. The summed E-state index contributed by atoms with van der Waals surface area (Å²) in [5.41, 5.74) is 2.45. The van der Waals surface area contributed by atoms with Crippen LogP contribution in [0.25, 0.3) is 0 Å². The van der Waals surface area contributed by atoms with E-state index in [0.29, 0.717) is 5.69 Å². The van der Waals surface area contributed by atoms with Crippen molar-refractivity contribution in [3.63, 3.8) is 0 Å². The Bertz CT molecular complexity index is 1010. The fourth-order valence-electron chi connectivity index (χ4n) is 4.16. The summed E-state index contributed by atoms with van der Waals surface area (Å²) in [5, 5.41) is 3.32. The van der Waals surface area contributed by atoms with Crippen molar-refractivity contribution in [3.8, 4) is 0 Å². The third-order valence-electron chi connectivity index (χ3n) is 6.19. The van der Waals surface area contributed by atoms with Gasteiger partial charge in [0.25, 0.3) is 0 Å². The van der Waals surface area contributed by atoms with Gasteiger partial charge in [-0.05, 0) is 59.6 Å². The van der Waals surface area contributed by atoms with Crippen LogP contribution in [-0.2, 0) is 20.9 Å². The number of para-hydroxylation sites is 2. The van der Waals surface area contributed by atoms with Crippen LogP contribution in [0, 0.1) is 13.8 Å². The standard InChI is InChI=1S/C23H30N4O3S/c1-14-15(2)26(13-17-9-8-12-30-17)22(24-14)31-16(3)20(28)27-19-11-7-6-10-18(19)25-21(29)23(27,4)5/h6-7,10-11,16-17H,8-9,12-13H2,1-5H3,(H,25,29)/t16-,17+/m1/s1. The largest absolute Gasteiger partial charge is 0.376 e. The molecule has 1 aromatic heterocycles. The van der Waals surface area contributed by atoms with Crippen LogP contribution >= 0.6 is 11.8 Å². The minimum atomic E-state index is -0.987. The highest BCUT2D eigenvalue weighted by Gasteiger charge is 2.45. The number of hydrogen-bond acceptors (Lipinski definition) is 5. The van der Waals surface area contributed by atoms with E-state index >= 15 is 0 Å². The maximum Gasteiger partial charge on any atom is 0.250 e. The minimum Gasteiger partial charge on any atom is -0.376 e. The number of ether oxygens (including phenoxy) is 1. The molecule has 2 aliphatic rings. The molecule has 1 N–H and O–H groups in total. The van der Waals surface area contributed by atoms with E-state index in [4.69, 9.17) is 9.72 Å². The smallest absolute Gasteiger partial charge is 0.250 e. The Morgan fingerprint density at radius 2 is 2.10 bits per heavy atom. The molecule has 0 aliphatic carbocycles. The van der Waals surface area contributed by atoms with E-state index in [9.17, 15) is 9.59 Å². The average Bonchev–Trinajstić information content (AvgIpc) is 3.32. The van der Waals surface area contributed by atoms with E-state index in [2.05, 4.69) is 16.8 Å². The van der Waals surface area contributed by atoms with Gasteiger partial charge >= 0.3 is 0 Å². The first-order valence-corrected chi connectivity index (χ1v) is 11.6. The molecule has 4 rings (SSSR count). The molecular formula is C23H30N4O3S. The number of benzene rings is 1. The molecule has 2 aromatic rings. The molecule has 1 fully saturated rings. The summed E-state index contributed by atoms with van der Waals surface area (Å²) >= 11 is 1.44. The molecule has 1 saturated heterocycles. The van der Waals surface area contributed by atoms with Crippen molar-refractivity contribution in [2.24, 2.45) is 0 Å². The Kier molecular flexibility index (Phi) is 5.87. The number of hydrogen-bond donors (Lipinski definition) is 1. The highest BCUT2D eigenvalue weighted by Crippen LogP contribution is 2.39. The summed E-state index contributed by atoms with van der Waals surface area (Å²) in [5.74, 6) is -0.303. The van der Waals surface area contributed by atoms with Gasteiger partial charge in [-0.1, -0.05) is 23.9 Å². The number of amides is 2. The molecule has 166 valence electrons. The summed E-state index contributed by atoms with van der Waals surface area (Å²) in [6.07, 6.45) is 2.32. The molecule has 31 heavy (non-hydrogen) atoms. The van der Waals surface area contributed by atoms with E-state index < -0.39 is 10.8 Å². The average molecular weight is 443 g/mol. The monoisotopic (exact) mass is 442 g/mol. The van der Waals surface area contributed by atoms with Crippen LogP contribution in [0.4, 0.5) is 11.4 Å². The second kappa shape index (κ2) is 8.31. The molecule has 2 atom stereocenters. The molecule has 7 nitrogen and oxygen atoms in total. The second-order valence-electron chi connectivity index (χ2n) is 8.77. The molecule has 2 amide bonds. The minimum absolute atomic E-state index is 0.112. The number of aryl methyl sites for hydroxylation is 1. The van der Waals surface area contributed by atoms with Crippen LogP contribution in [0.15, 0.2) is 29.4 Å². The van der Waals surface area contributed by atoms with Crippen LogP contribution in [0.3, 0.4) is 0 Å². The van der Waals surface area contributed by atoms with Crippen molar-refractivity contribution in [2.75, 3.05) is 16.8 Å². The lowest BCUT2D eigenvalue weighted by molar-refractivity contribution is -0.126. The highest BCUT2D eigenvalue weighted by atomic mass is 32.2. The molecule has 0 unspecified atom stereocenters. The van der Waals surface area contributed by atoms with Crippen molar-refractivity contribution < 1.29 is 14.3 Å². The fourth-order valence-corrected chi connectivity index (χ4v) is 5.21. The number of fused-ring (bicyclic) bond motifs is 1. The summed E-state index contributed by atoms with van der Waals surface area (Å²) in [6, 6.07) is 7.43. The van der Waals surface area contributed by atoms with Gasteiger partial charge in [0.1, 0.15) is 5.54 Å². The Labute approximate surface area is 187 Å². The number of nitrogens with zero attached hydrogens (tertiary/aromatic N) is 3. The highest BCUT2D eigenvalue weighted by molar-refractivity contribution is 8.00. The molecule has 8 heteroatoms. The third kappa shape index (κ3) is 3.99. The summed E-state index contributed by atoms with van der Waals surface area (Å²) in [7, 11) is 0. The van der Waals surface area contributed by atoms with Crippen molar-refractivity contribution in [2.45, 2.75) is 76.1 Å².